The molecule has 1 aliphatic rings. The van der Waals surface area contributed by atoms with E-state index in [0.29, 0.717) is 5.75 Å². The molecule has 1 atom stereocenters. The van der Waals surface area contributed by atoms with Crippen LogP contribution in [0.1, 0.15) is 31.4 Å². The van der Waals surface area contributed by atoms with Crippen LogP contribution in [-0.4, -0.2) is 34.8 Å². The molecule has 4 heteroatoms. The highest BCUT2D eigenvalue weighted by atomic mass is 32.2. The number of thioether (sulfide) groups is 1. The van der Waals surface area contributed by atoms with Gasteiger partial charge >= 0.3 is 0 Å². The monoisotopic (exact) mass is 265 g/mol. The van der Waals surface area contributed by atoms with E-state index in [4.69, 9.17) is 0 Å². The molecular weight excluding hydrogens is 246 g/mol. The summed E-state index contributed by atoms with van der Waals surface area (Å²) < 4.78 is 0. The SMILES string of the molecule is C[C@H](O)c1ccccc1SCC(=O)N1CCCC1. The Morgan fingerprint density at radius 3 is 2.72 bits per heavy atom. The summed E-state index contributed by atoms with van der Waals surface area (Å²) in [5.74, 6) is 0.668. The highest BCUT2D eigenvalue weighted by Crippen LogP contribution is 2.27. The van der Waals surface area contributed by atoms with E-state index >= 15 is 0 Å². The maximum atomic E-state index is 11.9. The molecule has 0 spiro atoms. The molecule has 1 N–H and O–H groups in total. The summed E-state index contributed by atoms with van der Waals surface area (Å²) >= 11 is 1.52. The van der Waals surface area contributed by atoms with Crippen molar-refractivity contribution < 1.29 is 9.90 Å². The normalized spacial score (nSPS) is 16.9. The summed E-state index contributed by atoms with van der Waals surface area (Å²) in [5.41, 5.74) is 0.900. The van der Waals surface area contributed by atoms with Gasteiger partial charge in [-0.2, -0.15) is 0 Å². The topological polar surface area (TPSA) is 40.5 Å². The lowest BCUT2D eigenvalue weighted by atomic mass is 10.1. The summed E-state index contributed by atoms with van der Waals surface area (Å²) in [6.07, 6.45) is 1.76. The van der Waals surface area contributed by atoms with Gasteiger partial charge in [0.05, 0.1) is 11.9 Å². The van der Waals surface area contributed by atoms with Gasteiger partial charge in [0.25, 0.3) is 0 Å². The second kappa shape index (κ2) is 6.25. The van der Waals surface area contributed by atoms with Crippen LogP contribution in [0.5, 0.6) is 0 Å². The molecule has 1 amide bonds. The Kier molecular flexibility index (Phi) is 4.66. The molecule has 3 nitrogen and oxygen atoms in total. The predicted molar refractivity (Wildman–Crippen MR) is 73.6 cm³/mol. The molecule has 1 aromatic carbocycles. The lowest BCUT2D eigenvalue weighted by Gasteiger charge is -2.16. The number of likely N-dealkylation sites (tertiary alicyclic amines) is 1. The number of carbonyl (C=O) groups is 1. The van der Waals surface area contributed by atoms with Crippen LogP contribution >= 0.6 is 11.8 Å². The minimum Gasteiger partial charge on any atom is -0.389 e. The molecule has 1 fully saturated rings. The molecule has 1 aromatic rings. The minimum atomic E-state index is -0.490. The van der Waals surface area contributed by atoms with Crippen molar-refractivity contribution in [2.75, 3.05) is 18.8 Å². The minimum absolute atomic E-state index is 0.206. The Morgan fingerprint density at radius 1 is 1.39 bits per heavy atom. The van der Waals surface area contributed by atoms with Crippen molar-refractivity contribution >= 4 is 17.7 Å². The van der Waals surface area contributed by atoms with Crippen LogP contribution < -0.4 is 0 Å². The van der Waals surface area contributed by atoms with E-state index in [2.05, 4.69) is 0 Å². The lowest BCUT2D eigenvalue weighted by Crippen LogP contribution is -2.29. The molecule has 1 saturated heterocycles. The van der Waals surface area contributed by atoms with Crippen LogP contribution in [0.2, 0.25) is 0 Å². The van der Waals surface area contributed by atoms with Gasteiger partial charge in [0.15, 0.2) is 0 Å². The van der Waals surface area contributed by atoms with Gasteiger partial charge in [0.2, 0.25) is 5.91 Å². The smallest absolute Gasteiger partial charge is 0.232 e. The number of nitrogens with zero attached hydrogens (tertiary/aromatic N) is 1. The van der Waals surface area contributed by atoms with E-state index in [1.165, 1.54) is 11.8 Å². The van der Waals surface area contributed by atoms with Gasteiger partial charge in [0.1, 0.15) is 0 Å². The van der Waals surface area contributed by atoms with Crippen molar-refractivity contribution in [2.24, 2.45) is 0 Å². The third-order valence-corrected chi connectivity index (χ3v) is 4.25. The molecule has 0 aromatic heterocycles. The number of rotatable bonds is 4. The van der Waals surface area contributed by atoms with E-state index in [0.717, 1.165) is 36.4 Å². The van der Waals surface area contributed by atoms with Crippen LogP contribution in [0, 0.1) is 0 Å². The maximum Gasteiger partial charge on any atom is 0.232 e. The molecule has 18 heavy (non-hydrogen) atoms. The second-order valence-corrected chi connectivity index (χ2v) is 5.61. The van der Waals surface area contributed by atoms with Gasteiger partial charge in [0, 0.05) is 18.0 Å². The standard InChI is InChI=1S/C14H19NO2S/c1-11(16)12-6-2-3-7-13(12)18-10-14(17)15-8-4-5-9-15/h2-3,6-7,11,16H,4-5,8-10H2,1H3/t11-/m0/s1. The number of hydrogen-bond acceptors (Lipinski definition) is 3. The van der Waals surface area contributed by atoms with E-state index in [9.17, 15) is 9.90 Å². The molecule has 0 bridgehead atoms. The van der Waals surface area contributed by atoms with Crippen LogP contribution in [0.4, 0.5) is 0 Å². The first-order chi connectivity index (χ1) is 8.68. The number of amides is 1. The van der Waals surface area contributed by atoms with Crippen LogP contribution in [0.25, 0.3) is 0 Å². The summed E-state index contributed by atoms with van der Waals surface area (Å²) in [4.78, 5) is 14.9. The Balaban J connectivity index is 1.95. The van der Waals surface area contributed by atoms with Crippen LogP contribution in [0.15, 0.2) is 29.2 Å². The molecule has 0 aliphatic carbocycles. The summed E-state index contributed by atoms with van der Waals surface area (Å²) in [7, 11) is 0. The fraction of sp³-hybridized carbons (Fsp3) is 0.500. The Hall–Kier alpha value is -1.00. The zero-order chi connectivity index (χ0) is 13.0. The number of carbonyl (C=O) groups excluding carboxylic acids is 1. The Morgan fingerprint density at radius 2 is 2.06 bits per heavy atom. The fourth-order valence-electron chi connectivity index (χ4n) is 2.15. The van der Waals surface area contributed by atoms with Crippen LogP contribution in [-0.2, 0) is 4.79 Å². The van der Waals surface area contributed by atoms with E-state index < -0.39 is 6.10 Å². The largest absolute Gasteiger partial charge is 0.389 e. The molecule has 0 radical (unpaired) electrons. The van der Waals surface area contributed by atoms with Gasteiger partial charge in [-0.3, -0.25) is 4.79 Å². The van der Waals surface area contributed by atoms with Gasteiger partial charge in [-0.15, -0.1) is 11.8 Å². The quantitative estimate of drug-likeness (QED) is 0.850. The average Bonchev–Trinajstić information content (AvgIpc) is 2.90. The Bertz CT molecular complexity index is 414. The molecular formula is C14H19NO2S. The second-order valence-electron chi connectivity index (χ2n) is 4.59. The number of benzene rings is 1. The molecule has 0 unspecified atom stereocenters. The van der Waals surface area contributed by atoms with Crippen molar-refractivity contribution in [3.05, 3.63) is 29.8 Å². The lowest BCUT2D eigenvalue weighted by molar-refractivity contribution is -0.127. The predicted octanol–water partition coefficient (Wildman–Crippen LogP) is 2.45. The van der Waals surface area contributed by atoms with Crippen molar-refractivity contribution in [1.29, 1.82) is 0 Å². The van der Waals surface area contributed by atoms with Gasteiger partial charge in [-0.05, 0) is 31.4 Å². The zero-order valence-electron chi connectivity index (χ0n) is 10.6. The highest BCUT2D eigenvalue weighted by molar-refractivity contribution is 8.00. The highest BCUT2D eigenvalue weighted by Gasteiger charge is 2.18. The molecule has 0 saturated carbocycles. The first-order valence-corrected chi connectivity index (χ1v) is 7.34. The third kappa shape index (κ3) is 3.27. The van der Waals surface area contributed by atoms with E-state index in [1.54, 1.807) is 6.92 Å². The van der Waals surface area contributed by atoms with E-state index in [-0.39, 0.29) is 5.91 Å². The molecule has 1 aliphatic heterocycles. The van der Waals surface area contributed by atoms with E-state index in [1.807, 2.05) is 29.2 Å². The fourth-order valence-corrected chi connectivity index (χ4v) is 3.20. The maximum absolute atomic E-state index is 11.9. The average molecular weight is 265 g/mol. The molecule has 2 rings (SSSR count). The third-order valence-electron chi connectivity index (χ3n) is 3.18. The summed E-state index contributed by atoms with van der Waals surface area (Å²) in [6, 6.07) is 7.72. The van der Waals surface area contributed by atoms with Crippen LogP contribution in [0.3, 0.4) is 0 Å². The zero-order valence-corrected chi connectivity index (χ0v) is 11.4. The molecule has 1 heterocycles. The number of aliphatic hydroxyl groups excluding tert-OH is 1. The number of hydrogen-bond donors (Lipinski definition) is 1. The molecule has 98 valence electrons. The van der Waals surface area contributed by atoms with Crippen molar-refractivity contribution in [3.8, 4) is 0 Å². The van der Waals surface area contributed by atoms with Gasteiger partial charge in [-0.1, -0.05) is 18.2 Å². The first-order valence-electron chi connectivity index (χ1n) is 6.36. The first kappa shape index (κ1) is 13.4. The Labute approximate surface area is 112 Å². The van der Waals surface area contributed by atoms with Crippen molar-refractivity contribution in [3.63, 3.8) is 0 Å². The van der Waals surface area contributed by atoms with Crippen molar-refractivity contribution in [1.82, 2.24) is 4.90 Å². The van der Waals surface area contributed by atoms with Gasteiger partial charge in [-0.25, -0.2) is 0 Å². The van der Waals surface area contributed by atoms with Gasteiger partial charge < -0.3 is 10.0 Å². The summed E-state index contributed by atoms with van der Waals surface area (Å²) in [6.45, 7) is 3.55. The van der Waals surface area contributed by atoms with Crippen molar-refractivity contribution in [2.45, 2.75) is 30.8 Å². The number of aliphatic hydroxyl groups is 1. The summed E-state index contributed by atoms with van der Waals surface area (Å²) in [5, 5.41) is 9.67.